The summed E-state index contributed by atoms with van der Waals surface area (Å²) in [7, 11) is 0. The minimum Gasteiger partial charge on any atom is -0.487 e. The van der Waals surface area contributed by atoms with Crippen LogP contribution >= 0.6 is 31.9 Å². The maximum Gasteiger partial charge on any atom is 0.269 e. The van der Waals surface area contributed by atoms with E-state index in [2.05, 4.69) is 42.4 Å². The third-order valence-corrected chi connectivity index (χ3v) is 5.21. The summed E-state index contributed by atoms with van der Waals surface area (Å²) in [6, 6.07) is 15.7. The minimum absolute atomic E-state index is 0.00621. The largest absolute Gasteiger partial charge is 0.487 e. The van der Waals surface area contributed by atoms with E-state index in [0.717, 1.165) is 11.1 Å². The van der Waals surface area contributed by atoms with Crippen molar-refractivity contribution in [2.75, 3.05) is 5.43 Å². The Labute approximate surface area is 193 Å². The number of nitrogens with zero attached hydrogens (tertiary/aromatic N) is 3. The fourth-order valence-corrected chi connectivity index (χ4v) is 3.95. The van der Waals surface area contributed by atoms with E-state index in [1.165, 1.54) is 24.3 Å². The molecule has 3 aromatic rings. The summed E-state index contributed by atoms with van der Waals surface area (Å²) in [5.74, 6) is 0.582. The van der Waals surface area contributed by atoms with Crippen molar-refractivity contribution >= 4 is 55.1 Å². The number of nitro groups is 2. The van der Waals surface area contributed by atoms with Crippen molar-refractivity contribution in [2.45, 2.75) is 6.61 Å². The molecule has 0 heterocycles. The first-order chi connectivity index (χ1) is 14.8. The Bertz CT molecular complexity index is 1110. The lowest BCUT2D eigenvalue weighted by Gasteiger charge is -2.11. The van der Waals surface area contributed by atoms with Crippen LogP contribution in [0, 0.1) is 20.2 Å². The number of anilines is 1. The van der Waals surface area contributed by atoms with Gasteiger partial charge in [-0.05, 0) is 79.4 Å². The van der Waals surface area contributed by atoms with Crippen LogP contribution in [0.1, 0.15) is 11.1 Å². The molecule has 0 aliphatic heterocycles. The highest BCUT2D eigenvalue weighted by molar-refractivity contribution is 9.11. The number of hydrazone groups is 1. The van der Waals surface area contributed by atoms with Gasteiger partial charge in [-0.15, -0.1) is 0 Å². The van der Waals surface area contributed by atoms with E-state index in [0.29, 0.717) is 20.4 Å². The Hall–Kier alpha value is -3.31. The maximum absolute atomic E-state index is 10.7. The Morgan fingerprint density at radius 3 is 1.94 bits per heavy atom. The molecule has 0 atom stereocenters. The molecule has 0 fully saturated rings. The fourth-order valence-electron chi connectivity index (χ4n) is 2.50. The molecule has 0 saturated carbocycles. The number of nitro benzene ring substituents is 2. The second-order valence-corrected chi connectivity index (χ2v) is 7.91. The van der Waals surface area contributed by atoms with Crippen LogP contribution in [0.25, 0.3) is 0 Å². The lowest BCUT2D eigenvalue weighted by molar-refractivity contribution is -0.385. The van der Waals surface area contributed by atoms with E-state index < -0.39 is 9.85 Å². The first-order valence-corrected chi connectivity index (χ1v) is 10.3. The second kappa shape index (κ2) is 10.1. The number of benzene rings is 3. The highest BCUT2D eigenvalue weighted by Crippen LogP contribution is 2.35. The summed E-state index contributed by atoms with van der Waals surface area (Å²) in [4.78, 5) is 20.5. The molecule has 0 aromatic heterocycles. The van der Waals surface area contributed by atoms with Crippen LogP contribution in [0.3, 0.4) is 0 Å². The molecule has 0 unspecified atom stereocenters. The molecule has 0 radical (unpaired) electrons. The third kappa shape index (κ3) is 6.09. The van der Waals surface area contributed by atoms with Crippen molar-refractivity contribution in [2.24, 2.45) is 5.10 Å². The topological polar surface area (TPSA) is 120 Å². The first-order valence-electron chi connectivity index (χ1n) is 8.72. The summed E-state index contributed by atoms with van der Waals surface area (Å²) in [6.07, 6.45) is 1.59. The third-order valence-electron chi connectivity index (χ3n) is 4.04. The van der Waals surface area contributed by atoms with Crippen LogP contribution in [0.4, 0.5) is 17.1 Å². The molecule has 9 nitrogen and oxygen atoms in total. The van der Waals surface area contributed by atoms with Gasteiger partial charge < -0.3 is 4.74 Å². The van der Waals surface area contributed by atoms with Gasteiger partial charge in [0, 0.05) is 24.3 Å². The molecule has 11 heteroatoms. The van der Waals surface area contributed by atoms with Crippen molar-refractivity contribution in [3.63, 3.8) is 0 Å². The Balaban J connectivity index is 1.63. The molecule has 0 spiro atoms. The lowest BCUT2D eigenvalue weighted by Crippen LogP contribution is -1.98. The Morgan fingerprint density at radius 2 is 1.42 bits per heavy atom. The molecule has 0 aliphatic rings. The number of non-ortho nitro benzene ring substituents is 2. The number of hydrogen-bond acceptors (Lipinski definition) is 7. The molecule has 3 aromatic carbocycles. The van der Waals surface area contributed by atoms with Gasteiger partial charge in [0.25, 0.3) is 11.4 Å². The van der Waals surface area contributed by atoms with E-state index in [9.17, 15) is 20.2 Å². The highest BCUT2D eigenvalue weighted by Gasteiger charge is 2.10. The quantitative estimate of drug-likeness (QED) is 0.207. The monoisotopic (exact) mass is 548 g/mol. The molecule has 3 rings (SSSR count). The van der Waals surface area contributed by atoms with Gasteiger partial charge in [0.05, 0.1) is 30.7 Å². The molecule has 31 heavy (non-hydrogen) atoms. The molecular formula is C20H14Br2N4O5. The van der Waals surface area contributed by atoms with Gasteiger partial charge >= 0.3 is 0 Å². The predicted octanol–water partition coefficient (Wildman–Crippen LogP) is 6.05. The van der Waals surface area contributed by atoms with Crippen molar-refractivity contribution in [3.05, 3.63) is 101 Å². The zero-order valence-corrected chi connectivity index (χ0v) is 18.9. The van der Waals surface area contributed by atoms with Gasteiger partial charge in [0.1, 0.15) is 12.4 Å². The molecule has 0 saturated heterocycles. The average molecular weight is 550 g/mol. The summed E-state index contributed by atoms with van der Waals surface area (Å²) < 4.78 is 7.22. The van der Waals surface area contributed by atoms with E-state index in [4.69, 9.17) is 4.74 Å². The standard InChI is InChI=1S/C20H14Br2N4O5/c21-18-9-14(11-23-24-15-3-7-17(8-4-15)26(29)30)10-19(22)20(18)31-12-13-1-5-16(6-2-13)25(27)28/h1-11,24H,12H2/b23-11+. The summed E-state index contributed by atoms with van der Waals surface area (Å²) >= 11 is 6.94. The number of halogens is 2. The maximum atomic E-state index is 10.7. The number of hydrogen-bond donors (Lipinski definition) is 1. The van der Waals surface area contributed by atoms with E-state index in [-0.39, 0.29) is 18.0 Å². The minimum atomic E-state index is -0.465. The molecular weight excluding hydrogens is 536 g/mol. The fraction of sp³-hybridized carbons (Fsp3) is 0.0500. The van der Waals surface area contributed by atoms with Gasteiger partial charge in [0.2, 0.25) is 0 Å². The average Bonchev–Trinajstić information content (AvgIpc) is 2.74. The van der Waals surface area contributed by atoms with Crippen molar-refractivity contribution in [3.8, 4) is 5.75 Å². The van der Waals surface area contributed by atoms with E-state index >= 15 is 0 Å². The molecule has 0 aliphatic carbocycles. The van der Waals surface area contributed by atoms with Crippen molar-refractivity contribution < 1.29 is 14.6 Å². The number of rotatable bonds is 8. The molecule has 0 amide bonds. The van der Waals surface area contributed by atoms with Gasteiger partial charge in [0.15, 0.2) is 0 Å². The van der Waals surface area contributed by atoms with Crippen LogP contribution in [0.15, 0.2) is 74.7 Å². The summed E-state index contributed by atoms with van der Waals surface area (Å²) in [5.41, 5.74) is 5.02. The van der Waals surface area contributed by atoms with E-state index in [1.54, 1.807) is 30.5 Å². The normalized spacial score (nSPS) is 10.8. The zero-order chi connectivity index (χ0) is 22.4. The van der Waals surface area contributed by atoms with Crippen LogP contribution in [-0.4, -0.2) is 16.1 Å². The van der Waals surface area contributed by atoms with Crippen LogP contribution in [0.5, 0.6) is 5.75 Å². The van der Waals surface area contributed by atoms with Crippen molar-refractivity contribution in [1.82, 2.24) is 0 Å². The highest BCUT2D eigenvalue weighted by atomic mass is 79.9. The van der Waals surface area contributed by atoms with Crippen LogP contribution in [0.2, 0.25) is 0 Å². The lowest BCUT2D eigenvalue weighted by atomic mass is 10.2. The number of ether oxygens (including phenoxy) is 1. The molecule has 158 valence electrons. The van der Waals surface area contributed by atoms with Gasteiger partial charge in [-0.1, -0.05) is 0 Å². The molecule has 1 N–H and O–H groups in total. The SMILES string of the molecule is O=[N+]([O-])c1ccc(COc2c(Br)cc(/C=N/Nc3ccc([N+](=O)[O-])cc3)cc2Br)cc1. The first kappa shape index (κ1) is 22.4. The zero-order valence-electron chi connectivity index (χ0n) is 15.7. The Morgan fingerprint density at radius 1 is 0.903 bits per heavy atom. The second-order valence-electron chi connectivity index (χ2n) is 6.20. The van der Waals surface area contributed by atoms with Gasteiger partial charge in [-0.2, -0.15) is 5.10 Å². The predicted molar refractivity (Wildman–Crippen MR) is 124 cm³/mol. The molecule has 0 bridgehead atoms. The van der Waals surface area contributed by atoms with Crippen LogP contribution in [-0.2, 0) is 6.61 Å². The Kier molecular flexibility index (Phi) is 7.32. The number of nitrogens with one attached hydrogen (secondary N) is 1. The van der Waals surface area contributed by atoms with Gasteiger partial charge in [-0.3, -0.25) is 25.7 Å². The van der Waals surface area contributed by atoms with E-state index in [1.807, 2.05) is 12.1 Å². The van der Waals surface area contributed by atoms with Gasteiger partial charge in [-0.25, -0.2) is 0 Å². The smallest absolute Gasteiger partial charge is 0.269 e. The summed E-state index contributed by atoms with van der Waals surface area (Å²) in [6.45, 7) is 0.240. The summed E-state index contributed by atoms with van der Waals surface area (Å²) in [5, 5.41) is 25.5. The van der Waals surface area contributed by atoms with Crippen molar-refractivity contribution in [1.29, 1.82) is 0 Å². The van der Waals surface area contributed by atoms with Crippen LogP contribution < -0.4 is 10.2 Å².